The molecule has 136 valence electrons. The fraction of sp³-hybridized carbons (Fsp3) is 0.294. The third kappa shape index (κ3) is 3.51. The molecule has 0 N–H and O–H groups in total. The lowest BCUT2D eigenvalue weighted by Gasteiger charge is -2.24. The monoisotopic (exact) mass is 359 g/mol. The first kappa shape index (κ1) is 17.5. The number of nitro groups is 2. The molecule has 0 radical (unpaired) electrons. The summed E-state index contributed by atoms with van der Waals surface area (Å²) in [6.07, 6.45) is 0. The SMILES string of the molecule is CCN(Cc1ccc2c(c1)OCCO2)c1ccc([N+](=O)[O-])cc1[N+](=O)[O-]. The zero-order chi connectivity index (χ0) is 18.7. The molecule has 0 saturated carbocycles. The lowest BCUT2D eigenvalue weighted by Crippen LogP contribution is -2.23. The Morgan fingerprint density at radius 3 is 2.38 bits per heavy atom. The van der Waals surface area contributed by atoms with E-state index in [1.165, 1.54) is 12.1 Å². The van der Waals surface area contributed by atoms with E-state index in [9.17, 15) is 20.2 Å². The molecule has 2 aromatic carbocycles. The van der Waals surface area contributed by atoms with Gasteiger partial charge in [0.25, 0.3) is 11.4 Å². The Bertz CT molecular complexity index is 854. The van der Waals surface area contributed by atoms with Gasteiger partial charge in [0.05, 0.1) is 15.9 Å². The van der Waals surface area contributed by atoms with Gasteiger partial charge in [-0.2, -0.15) is 0 Å². The Morgan fingerprint density at radius 2 is 1.73 bits per heavy atom. The van der Waals surface area contributed by atoms with Crippen molar-refractivity contribution < 1.29 is 19.3 Å². The summed E-state index contributed by atoms with van der Waals surface area (Å²) in [6.45, 7) is 3.73. The predicted octanol–water partition coefficient (Wildman–Crippen LogP) is 3.30. The zero-order valence-corrected chi connectivity index (χ0v) is 14.1. The van der Waals surface area contributed by atoms with E-state index in [0.717, 1.165) is 11.6 Å². The molecule has 0 aliphatic carbocycles. The maximum absolute atomic E-state index is 11.4. The number of ether oxygens (including phenoxy) is 2. The average molecular weight is 359 g/mol. The molecule has 0 saturated heterocycles. The van der Waals surface area contributed by atoms with E-state index in [4.69, 9.17) is 9.47 Å². The summed E-state index contributed by atoms with van der Waals surface area (Å²) in [7, 11) is 0. The van der Waals surface area contributed by atoms with Crippen molar-refractivity contribution in [3.05, 3.63) is 62.2 Å². The van der Waals surface area contributed by atoms with Gasteiger partial charge in [-0.3, -0.25) is 20.2 Å². The minimum absolute atomic E-state index is 0.293. The van der Waals surface area contributed by atoms with Crippen LogP contribution >= 0.6 is 0 Å². The van der Waals surface area contributed by atoms with Gasteiger partial charge in [-0.1, -0.05) is 6.07 Å². The minimum atomic E-state index is -0.645. The van der Waals surface area contributed by atoms with E-state index in [0.29, 0.717) is 43.5 Å². The van der Waals surface area contributed by atoms with Crippen molar-refractivity contribution in [1.82, 2.24) is 0 Å². The Balaban J connectivity index is 1.91. The molecule has 0 atom stereocenters. The van der Waals surface area contributed by atoms with Gasteiger partial charge in [-0.25, -0.2) is 0 Å². The topological polar surface area (TPSA) is 108 Å². The van der Waals surface area contributed by atoms with Gasteiger partial charge < -0.3 is 14.4 Å². The number of non-ortho nitro benzene ring substituents is 1. The highest BCUT2D eigenvalue weighted by Crippen LogP contribution is 2.35. The quantitative estimate of drug-likeness (QED) is 0.575. The Labute approximate surface area is 149 Å². The first-order valence-electron chi connectivity index (χ1n) is 8.06. The highest BCUT2D eigenvalue weighted by molar-refractivity contribution is 5.67. The maximum atomic E-state index is 11.4. The van der Waals surface area contributed by atoms with Crippen LogP contribution in [0.5, 0.6) is 11.5 Å². The largest absolute Gasteiger partial charge is 0.486 e. The van der Waals surface area contributed by atoms with Gasteiger partial charge in [0.15, 0.2) is 11.5 Å². The maximum Gasteiger partial charge on any atom is 0.299 e. The predicted molar refractivity (Wildman–Crippen MR) is 93.9 cm³/mol. The summed E-state index contributed by atoms with van der Waals surface area (Å²) >= 11 is 0. The van der Waals surface area contributed by atoms with Crippen molar-refractivity contribution in [2.24, 2.45) is 0 Å². The number of benzene rings is 2. The van der Waals surface area contributed by atoms with Gasteiger partial charge in [-0.15, -0.1) is 0 Å². The van der Waals surface area contributed by atoms with Crippen molar-refractivity contribution in [3.8, 4) is 11.5 Å². The third-order valence-corrected chi connectivity index (χ3v) is 4.07. The second-order valence-electron chi connectivity index (χ2n) is 5.68. The number of fused-ring (bicyclic) bond motifs is 1. The molecule has 1 aliphatic rings. The van der Waals surface area contributed by atoms with Crippen LogP contribution in [-0.2, 0) is 6.54 Å². The molecule has 3 rings (SSSR count). The van der Waals surface area contributed by atoms with Gasteiger partial charge in [-0.05, 0) is 30.7 Å². The van der Waals surface area contributed by atoms with Crippen LogP contribution in [-0.4, -0.2) is 29.6 Å². The number of nitrogens with zero attached hydrogens (tertiary/aromatic N) is 3. The second-order valence-corrected chi connectivity index (χ2v) is 5.68. The Hall–Kier alpha value is -3.36. The van der Waals surface area contributed by atoms with Crippen LogP contribution in [0.1, 0.15) is 12.5 Å². The molecule has 0 bridgehead atoms. The number of hydrogen-bond acceptors (Lipinski definition) is 7. The molecule has 9 nitrogen and oxygen atoms in total. The van der Waals surface area contributed by atoms with E-state index in [1.54, 1.807) is 4.90 Å². The molecule has 9 heteroatoms. The summed E-state index contributed by atoms with van der Waals surface area (Å²) < 4.78 is 11.1. The lowest BCUT2D eigenvalue weighted by molar-refractivity contribution is -0.393. The number of anilines is 1. The lowest BCUT2D eigenvalue weighted by atomic mass is 10.1. The summed E-state index contributed by atoms with van der Waals surface area (Å²) in [5.41, 5.74) is 0.621. The van der Waals surface area contributed by atoms with Crippen LogP contribution in [0, 0.1) is 20.2 Å². The Morgan fingerprint density at radius 1 is 1.00 bits per heavy atom. The van der Waals surface area contributed by atoms with E-state index in [2.05, 4.69) is 0 Å². The summed E-state index contributed by atoms with van der Waals surface area (Å²) in [6, 6.07) is 9.19. The highest BCUT2D eigenvalue weighted by atomic mass is 16.6. The molecule has 26 heavy (non-hydrogen) atoms. The van der Waals surface area contributed by atoms with Crippen molar-refractivity contribution in [3.63, 3.8) is 0 Å². The molecule has 2 aromatic rings. The van der Waals surface area contributed by atoms with Crippen molar-refractivity contribution in [1.29, 1.82) is 0 Å². The molecular weight excluding hydrogens is 342 g/mol. The van der Waals surface area contributed by atoms with Gasteiger partial charge in [0.1, 0.15) is 18.9 Å². The van der Waals surface area contributed by atoms with Crippen LogP contribution in [0.4, 0.5) is 17.1 Å². The second kappa shape index (κ2) is 7.26. The van der Waals surface area contributed by atoms with E-state index < -0.39 is 9.85 Å². The molecule has 1 aliphatic heterocycles. The van der Waals surface area contributed by atoms with E-state index in [-0.39, 0.29) is 11.4 Å². The van der Waals surface area contributed by atoms with Crippen LogP contribution in [0.2, 0.25) is 0 Å². The number of nitro benzene ring substituents is 2. The van der Waals surface area contributed by atoms with Gasteiger partial charge in [0.2, 0.25) is 0 Å². The van der Waals surface area contributed by atoms with Crippen LogP contribution in [0.25, 0.3) is 0 Å². The minimum Gasteiger partial charge on any atom is -0.486 e. The smallest absolute Gasteiger partial charge is 0.299 e. The molecule has 0 fully saturated rings. The molecular formula is C17H17N3O6. The van der Waals surface area contributed by atoms with E-state index in [1.807, 2.05) is 25.1 Å². The molecule has 0 aromatic heterocycles. The average Bonchev–Trinajstić information content (AvgIpc) is 2.65. The molecule has 0 amide bonds. The normalized spacial score (nSPS) is 12.5. The first-order valence-corrected chi connectivity index (χ1v) is 8.06. The summed E-state index contributed by atoms with van der Waals surface area (Å²) in [4.78, 5) is 22.8. The fourth-order valence-electron chi connectivity index (χ4n) is 2.81. The summed E-state index contributed by atoms with van der Waals surface area (Å²) in [5, 5.41) is 22.3. The number of hydrogen-bond donors (Lipinski definition) is 0. The summed E-state index contributed by atoms with van der Waals surface area (Å²) in [5.74, 6) is 1.31. The molecule has 0 spiro atoms. The highest BCUT2D eigenvalue weighted by Gasteiger charge is 2.23. The Kier molecular flexibility index (Phi) is 4.87. The fourth-order valence-corrected chi connectivity index (χ4v) is 2.81. The van der Waals surface area contributed by atoms with Crippen molar-refractivity contribution in [2.75, 3.05) is 24.7 Å². The van der Waals surface area contributed by atoms with Gasteiger partial charge in [0, 0.05) is 19.2 Å². The molecule has 1 heterocycles. The van der Waals surface area contributed by atoms with Gasteiger partial charge >= 0.3 is 0 Å². The van der Waals surface area contributed by atoms with Crippen LogP contribution < -0.4 is 14.4 Å². The number of rotatable bonds is 6. The van der Waals surface area contributed by atoms with Crippen molar-refractivity contribution >= 4 is 17.1 Å². The van der Waals surface area contributed by atoms with Crippen LogP contribution in [0.3, 0.4) is 0 Å². The molecule has 0 unspecified atom stereocenters. The zero-order valence-electron chi connectivity index (χ0n) is 14.1. The van der Waals surface area contributed by atoms with Crippen LogP contribution in [0.15, 0.2) is 36.4 Å². The first-order chi connectivity index (χ1) is 12.5. The third-order valence-electron chi connectivity index (χ3n) is 4.07. The van der Waals surface area contributed by atoms with E-state index >= 15 is 0 Å². The standard InChI is InChI=1S/C17H17N3O6/c1-2-18(11-12-3-6-16-17(9-12)26-8-7-25-16)14-5-4-13(19(21)22)10-15(14)20(23)24/h3-6,9-10H,2,7-8,11H2,1H3. The van der Waals surface area contributed by atoms with Crippen molar-refractivity contribution in [2.45, 2.75) is 13.5 Å².